The van der Waals surface area contributed by atoms with Crippen LogP contribution in [0.25, 0.3) is 11.7 Å². The summed E-state index contributed by atoms with van der Waals surface area (Å²) in [6, 6.07) is 5.95. The fraction of sp³-hybridized carbons (Fsp3) is 0.474. The number of fused-ring (bicyclic) bond motifs is 3. The van der Waals surface area contributed by atoms with Crippen molar-refractivity contribution in [3.8, 4) is 0 Å². The lowest BCUT2D eigenvalue weighted by Gasteiger charge is -2.28. The third-order valence-corrected chi connectivity index (χ3v) is 6.00. The van der Waals surface area contributed by atoms with Crippen molar-refractivity contribution in [2.45, 2.75) is 38.6 Å². The highest BCUT2D eigenvalue weighted by molar-refractivity contribution is 6.31. The molecule has 5 heteroatoms. The predicted octanol–water partition coefficient (Wildman–Crippen LogP) is 3.94. The van der Waals surface area contributed by atoms with E-state index < -0.39 is 0 Å². The molecule has 1 N–H and O–H groups in total. The van der Waals surface area contributed by atoms with Gasteiger partial charge in [0.15, 0.2) is 5.15 Å². The van der Waals surface area contributed by atoms with Gasteiger partial charge in [-0.2, -0.15) is 0 Å². The minimum atomic E-state index is -0.0628. The number of hydrogen-bond acceptors (Lipinski definition) is 2. The second kappa shape index (κ2) is 6.25. The lowest BCUT2D eigenvalue weighted by molar-refractivity contribution is -0.117. The quantitative estimate of drug-likeness (QED) is 0.855. The van der Waals surface area contributed by atoms with E-state index in [9.17, 15) is 4.79 Å². The van der Waals surface area contributed by atoms with Crippen LogP contribution < -0.4 is 5.32 Å². The van der Waals surface area contributed by atoms with E-state index in [0.29, 0.717) is 11.1 Å². The number of rotatable bonds is 4. The van der Waals surface area contributed by atoms with Crippen LogP contribution in [0.15, 0.2) is 30.5 Å². The van der Waals surface area contributed by atoms with Crippen molar-refractivity contribution in [3.05, 3.63) is 41.3 Å². The Morgan fingerprint density at radius 2 is 2.29 bits per heavy atom. The van der Waals surface area contributed by atoms with Crippen LogP contribution in [0.1, 0.15) is 38.3 Å². The second-order valence-corrected chi connectivity index (χ2v) is 7.54. The number of pyridine rings is 1. The molecule has 0 spiro atoms. The number of halogens is 1. The van der Waals surface area contributed by atoms with Crippen molar-refractivity contribution in [1.82, 2.24) is 14.7 Å². The number of aromatic nitrogens is 2. The number of hydrogen-bond donors (Lipinski definition) is 1. The first kappa shape index (κ1) is 15.7. The molecular weight excluding hydrogens is 322 g/mol. The summed E-state index contributed by atoms with van der Waals surface area (Å²) < 4.78 is 1.88. The number of imidazole rings is 1. The van der Waals surface area contributed by atoms with E-state index in [2.05, 4.69) is 17.2 Å². The monoisotopic (exact) mass is 343 g/mol. The summed E-state index contributed by atoms with van der Waals surface area (Å²) in [5.74, 6) is 2.28. The smallest absolute Gasteiger partial charge is 0.244 e. The van der Waals surface area contributed by atoms with Gasteiger partial charge in [0, 0.05) is 18.3 Å². The summed E-state index contributed by atoms with van der Waals surface area (Å²) in [6.07, 6.45) is 10.5. The molecule has 2 aliphatic carbocycles. The molecule has 4 rings (SSSR count). The molecule has 2 aliphatic rings. The van der Waals surface area contributed by atoms with Crippen molar-refractivity contribution >= 4 is 29.2 Å². The molecule has 0 radical (unpaired) electrons. The first-order valence-electron chi connectivity index (χ1n) is 8.73. The Bertz CT molecular complexity index is 797. The highest BCUT2D eigenvalue weighted by Gasteiger charge is 2.41. The fourth-order valence-corrected chi connectivity index (χ4v) is 4.82. The summed E-state index contributed by atoms with van der Waals surface area (Å²) in [5, 5.41) is 3.55. The molecule has 2 heterocycles. The van der Waals surface area contributed by atoms with Gasteiger partial charge in [-0.25, -0.2) is 4.98 Å². The second-order valence-electron chi connectivity index (χ2n) is 7.19. The molecule has 4 atom stereocenters. The molecule has 4 nitrogen and oxygen atoms in total. The summed E-state index contributed by atoms with van der Waals surface area (Å²) in [6.45, 7) is 2.14. The largest absolute Gasteiger partial charge is 0.350 e. The minimum absolute atomic E-state index is 0.0628. The third kappa shape index (κ3) is 2.84. The Balaban J connectivity index is 1.43. The zero-order valence-electron chi connectivity index (χ0n) is 13.8. The molecule has 0 aromatic carbocycles. The highest BCUT2D eigenvalue weighted by Crippen LogP contribution is 2.49. The van der Waals surface area contributed by atoms with E-state index >= 15 is 0 Å². The Labute approximate surface area is 146 Å². The van der Waals surface area contributed by atoms with Crippen LogP contribution in [0.5, 0.6) is 0 Å². The zero-order valence-corrected chi connectivity index (χ0v) is 14.5. The van der Waals surface area contributed by atoms with Gasteiger partial charge in [-0.15, -0.1) is 0 Å². The molecule has 2 bridgehead atoms. The molecule has 2 saturated carbocycles. The Morgan fingerprint density at radius 1 is 1.42 bits per heavy atom. The molecule has 24 heavy (non-hydrogen) atoms. The standard InChI is InChI=1S/C19H22ClN3O/c1-12(15-11-13-5-6-14(15)10-13)21-18(24)8-7-16-19(20)22-17-4-2-3-9-23(16)17/h2-4,7-9,12-15H,5-6,10-11H2,1H3,(H,21,24)/b8-7+. The predicted molar refractivity (Wildman–Crippen MR) is 95.8 cm³/mol. The Morgan fingerprint density at radius 3 is 3.04 bits per heavy atom. The fourth-order valence-electron chi connectivity index (χ4n) is 4.58. The number of nitrogens with one attached hydrogen (secondary N) is 1. The number of carbonyl (C=O) groups is 1. The van der Waals surface area contributed by atoms with E-state index in [4.69, 9.17) is 11.6 Å². The van der Waals surface area contributed by atoms with Crippen molar-refractivity contribution < 1.29 is 4.79 Å². The summed E-state index contributed by atoms with van der Waals surface area (Å²) in [7, 11) is 0. The van der Waals surface area contributed by atoms with Gasteiger partial charge in [-0.3, -0.25) is 9.20 Å². The number of carbonyl (C=O) groups excluding carboxylic acids is 1. The van der Waals surface area contributed by atoms with Crippen LogP contribution in [-0.4, -0.2) is 21.3 Å². The van der Waals surface area contributed by atoms with Crippen LogP contribution in [0, 0.1) is 17.8 Å². The van der Waals surface area contributed by atoms with Crippen molar-refractivity contribution in [2.75, 3.05) is 0 Å². The van der Waals surface area contributed by atoms with Crippen LogP contribution >= 0.6 is 11.6 Å². The first-order chi connectivity index (χ1) is 11.6. The van der Waals surface area contributed by atoms with Gasteiger partial charge in [0.05, 0.1) is 5.69 Å². The van der Waals surface area contributed by atoms with Crippen LogP contribution in [0.2, 0.25) is 5.15 Å². The number of nitrogens with zero attached hydrogens (tertiary/aromatic N) is 2. The normalized spacial score (nSPS) is 27.2. The molecule has 4 unspecified atom stereocenters. The third-order valence-electron chi connectivity index (χ3n) is 5.72. The van der Waals surface area contributed by atoms with Gasteiger partial charge < -0.3 is 5.32 Å². The molecule has 0 aliphatic heterocycles. The number of amides is 1. The topological polar surface area (TPSA) is 46.4 Å². The summed E-state index contributed by atoms with van der Waals surface area (Å²) in [4.78, 5) is 16.6. The Hall–Kier alpha value is -1.81. The van der Waals surface area contributed by atoms with Crippen LogP contribution in [-0.2, 0) is 4.79 Å². The molecule has 126 valence electrons. The van der Waals surface area contributed by atoms with Gasteiger partial charge in [0.25, 0.3) is 0 Å². The van der Waals surface area contributed by atoms with E-state index in [1.54, 1.807) is 12.2 Å². The average Bonchev–Trinajstić information content (AvgIpc) is 3.26. The molecule has 2 fully saturated rings. The van der Waals surface area contributed by atoms with E-state index in [1.165, 1.54) is 25.7 Å². The summed E-state index contributed by atoms with van der Waals surface area (Å²) >= 11 is 6.19. The molecule has 2 aromatic rings. The maximum Gasteiger partial charge on any atom is 0.244 e. The van der Waals surface area contributed by atoms with E-state index in [-0.39, 0.29) is 11.9 Å². The average molecular weight is 344 g/mol. The lowest BCUT2D eigenvalue weighted by atomic mass is 9.84. The molecular formula is C19H22ClN3O. The highest BCUT2D eigenvalue weighted by atomic mass is 35.5. The SMILES string of the molecule is CC(NC(=O)/C=C/c1c(Cl)nc2ccccn12)C1CC2CCC1C2. The molecule has 1 amide bonds. The Kier molecular flexibility index (Phi) is 4.09. The maximum absolute atomic E-state index is 12.3. The van der Waals surface area contributed by atoms with Gasteiger partial charge in [-0.1, -0.05) is 24.1 Å². The van der Waals surface area contributed by atoms with Crippen molar-refractivity contribution in [2.24, 2.45) is 17.8 Å². The maximum atomic E-state index is 12.3. The minimum Gasteiger partial charge on any atom is -0.350 e. The summed E-state index contributed by atoms with van der Waals surface area (Å²) in [5.41, 5.74) is 1.51. The molecule has 0 saturated heterocycles. The van der Waals surface area contributed by atoms with Crippen LogP contribution in [0.3, 0.4) is 0 Å². The van der Waals surface area contributed by atoms with Gasteiger partial charge in [-0.05, 0) is 62.1 Å². The van der Waals surface area contributed by atoms with Gasteiger partial charge >= 0.3 is 0 Å². The van der Waals surface area contributed by atoms with E-state index in [1.807, 2.05) is 28.8 Å². The zero-order chi connectivity index (χ0) is 16.7. The molecule has 2 aromatic heterocycles. The van der Waals surface area contributed by atoms with E-state index in [0.717, 1.165) is 23.2 Å². The van der Waals surface area contributed by atoms with Crippen molar-refractivity contribution in [3.63, 3.8) is 0 Å². The lowest BCUT2D eigenvalue weighted by Crippen LogP contribution is -2.39. The first-order valence-corrected chi connectivity index (χ1v) is 9.11. The van der Waals surface area contributed by atoms with Crippen molar-refractivity contribution in [1.29, 1.82) is 0 Å². The van der Waals surface area contributed by atoms with Crippen LogP contribution in [0.4, 0.5) is 0 Å². The van der Waals surface area contributed by atoms with Gasteiger partial charge in [0.2, 0.25) is 5.91 Å². The van der Waals surface area contributed by atoms with Gasteiger partial charge in [0.1, 0.15) is 5.65 Å².